The van der Waals surface area contributed by atoms with Gasteiger partial charge in [0.25, 0.3) is 0 Å². The lowest BCUT2D eigenvalue weighted by Gasteiger charge is -2.05. The van der Waals surface area contributed by atoms with E-state index in [4.69, 9.17) is 16.6 Å². The third-order valence-corrected chi connectivity index (χ3v) is 4.52. The van der Waals surface area contributed by atoms with E-state index >= 15 is 0 Å². The molecule has 2 aromatic heterocycles. The van der Waals surface area contributed by atoms with Crippen molar-refractivity contribution in [1.82, 2.24) is 14.5 Å². The smallest absolute Gasteiger partial charge is 0.148 e. The van der Waals surface area contributed by atoms with Crippen LogP contribution in [0.25, 0.3) is 27.8 Å². The van der Waals surface area contributed by atoms with Crippen LogP contribution in [0.15, 0.2) is 73.1 Å². The first-order chi connectivity index (χ1) is 12.4. The Bertz CT molecular complexity index is 978. The van der Waals surface area contributed by atoms with Gasteiger partial charge in [-0.2, -0.15) is 0 Å². The summed E-state index contributed by atoms with van der Waals surface area (Å²) in [4.78, 5) is 9.38. The van der Waals surface area contributed by atoms with Crippen LogP contribution in [0.1, 0.15) is 12.2 Å². The summed E-state index contributed by atoms with van der Waals surface area (Å²) in [5, 5.41) is 1.06. The second-order valence-electron chi connectivity index (χ2n) is 5.93. The molecule has 0 bridgehead atoms. The quantitative estimate of drug-likeness (QED) is 0.461. The maximum atomic E-state index is 5.82. The number of aryl methyl sites for hydroxylation is 1. The average molecular weight is 348 g/mol. The molecule has 0 radical (unpaired) electrons. The van der Waals surface area contributed by atoms with Gasteiger partial charge in [-0.25, -0.2) is 9.97 Å². The third kappa shape index (κ3) is 3.15. The highest BCUT2D eigenvalue weighted by molar-refractivity contribution is 6.17. The molecule has 2 heterocycles. The minimum atomic E-state index is 0.621. The Kier molecular flexibility index (Phi) is 4.49. The Morgan fingerprint density at radius 2 is 1.64 bits per heavy atom. The van der Waals surface area contributed by atoms with Gasteiger partial charge in [0.05, 0.1) is 0 Å². The van der Waals surface area contributed by atoms with Crippen molar-refractivity contribution in [2.45, 2.75) is 12.8 Å². The molecule has 0 N–H and O–H groups in total. The van der Waals surface area contributed by atoms with Gasteiger partial charge in [0.2, 0.25) is 0 Å². The van der Waals surface area contributed by atoms with E-state index in [0.717, 1.165) is 41.0 Å². The first kappa shape index (κ1) is 15.9. The number of para-hydroxylation sites is 1. The lowest BCUT2D eigenvalue weighted by molar-refractivity contribution is 0.843. The number of alkyl halides is 1. The molecule has 0 unspecified atom stereocenters. The van der Waals surface area contributed by atoms with E-state index in [2.05, 4.69) is 52.1 Å². The van der Waals surface area contributed by atoms with E-state index in [0.29, 0.717) is 5.88 Å². The predicted molar refractivity (Wildman–Crippen MR) is 103 cm³/mol. The molecule has 3 nitrogen and oxygen atoms in total. The Morgan fingerprint density at radius 1 is 0.920 bits per heavy atom. The summed E-state index contributed by atoms with van der Waals surface area (Å²) in [7, 11) is 0. The molecule has 2 aromatic carbocycles. The molecule has 0 amide bonds. The predicted octanol–water partition coefficient (Wildman–Crippen LogP) is 5.26. The Balaban J connectivity index is 1.92. The molecule has 4 aromatic rings. The summed E-state index contributed by atoms with van der Waals surface area (Å²) in [5.74, 6) is 1.46. The molecular weight excluding hydrogens is 330 g/mol. The molecule has 25 heavy (non-hydrogen) atoms. The van der Waals surface area contributed by atoms with Crippen molar-refractivity contribution in [3.8, 4) is 16.8 Å². The molecule has 124 valence electrons. The van der Waals surface area contributed by atoms with Gasteiger partial charge in [-0.15, -0.1) is 11.6 Å². The van der Waals surface area contributed by atoms with Crippen LogP contribution >= 0.6 is 11.6 Å². The molecule has 4 rings (SSSR count). The Hall–Kier alpha value is -2.65. The highest BCUT2D eigenvalue weighted by Gasteiger charge is 2.14. The summed E-state index contributed by atoms with van der Waals surface area (Å²) in [6.07, 6.45) is 5.76. The van der Waals surface area contributed by atoms with Crippen molar-refractivity contribution in [1.29, 1.82) is 0 Å². The summed E-state index contributed by atoms with van der Waals surface area (Å²) >= 11 is 5.82. The molecule has 0 aliphatic rings. The number of rotatable bonds is 5. The Morgan fingerprint density at radius 3 is 2.36 bits per heavy atom. The van der Waals surface area contributed by atoms with Gasteiger partial charge in [0.1, 0.15) is 11.5 Å². The van der Waals surface area contributed by atoms with Gasteiger partial charge in [0, 0.05) is 41.3 Å². The van der Waals surface area contributed by atoms with Crippen LogP contribution in [-0.2, 0) is 6.42 Å². The van der Waals surface area contributed by atoms with E-state index in [1.807, 2.05) is 30.5 Å². The SMILES string of the molecule is ClCCCc1ncc2c(-c3ccccc3)cn(-c3ccccc3)c2n1. The maximum Gasteiger partial charge on any atom is 0.148 e. The van der Waals surface area contributed by atoms with Crippen LogP contribution < -0.4 is 0 Å². The molecule has 0 saturated heterocycles. The molecule has 0 fully saturated rings. The summed E-state index contributed by atoms with van der Waals surface area (Å²) in [6, 6.07) is 20.7. The van der Waals surface area contributed by atoms with Crippen LogP contribution in [0.2, 0.25) is 0 Å². The highest BCUT2D eigenvalue weighted by Crippen LogP contribution is 2.31. The van der Waals surface area contributed by atoms with E-state index in [1.54, 1.807) is 0 Å². The second-order valence-corrected chi connectivity index (χ2v) is 6.31. The lowest BCUT2D eigenvalue weighted by atomic mass is 10.1. The van der Waals surface area contributed by atoms with Crippen molar-refractivity contribution in [2.75, 3.05) is 5.88 Å². The normalized spacial score (nSPS) is 11.1. The van der Waals surface area contributed by atoms with E-state index in [1.165, 1.54) is 5.56 Å². The van der Waals surface area contributed by atoms with Crippen LogP contribution in [0.3, 0.4) is 0 Å². The van der Waals surface area contributed by atoms with E-state index in [9.17, 15) is 0 Å². The van der Waals surface area contributed by atoms with E-state index in [-0.39, 0.29) is 0 Å². The van der Waals surface area contributed by atoms with E-state index < -0.39 is 0 Å². The summed E-state index contributed by atoms with van der Waals surface area (Å²) in [6.45, 7) is 0. The molecular formula is C21H18ClN3. The molecule has 0 spiro atoms. The van der Waals surface area contributed by atoms with Crippen molar-refractivity contribution in [3.63, 3.8) is 0 Å². The summed E-state index contributed by atoms with van der Waals surface area (Å²) in [5.41, 5.74) is 4.34. The number of aromatic nitrogens is 3. The van der Waals surface area contributed by atoms with Crippen LogP contribution in [0.5, 0.6) is 0 Å². The highest BCUT2D eigenvalue weighted by atomic mass is 35.5. The standard InChI is InChI=1S/C21H18ClN3/c22-13-7-12-20-23-14-18-19(16-8-3-1-4-9-16)15-25(21(18)24-20)17-10-5-2-6-11-17/h1-6,8-11,14-15H,7,12-13H2. The minimum Gasteiger partial charge on any atom is -0.301 e. The number of fused-ring (bicyclic) bond motifs is 1. The second kappa shape index (κ2) is 7.08. The first-order valence-corrected chi connectivity index (χ1v) is 8.94. The maximum absolute atomic E-state index is 5.82. The molecule has 0 aliphatic heterocycles. The topological polar surface area (TPSA) is 30.7 Å². The minimum absolute atomic E-state index is 0.621. The summed E-state index contributed by atoms with van der Waals surface area (Å²) < 4.78 is 2.14. The van der Waals surface area contributed by atoms with Crippen LogP contribution in [0.4, 0.5) is 0 Å². The number of hydrogen-bond acceptors (Lipinski definition) is 2. The zero-order valence-electron chi connectivity index (χ0n) is 13.8. The zero-order chi connectivity index (χ0) is 17.1. The van der Waals surface area contributed by atoms with Gasteiger partial charge >= 0.3 is 0 Å². The number of hydrogen-bond donors (Lipinski definition) is 0. The molecule has 0 atom stereocenters. The number of benzene rings is 2. The molecule has 0 saturated carbocycles. The Labute approximate surface area is 151 Å². The first-order valence-electron chi connectivity index (χ1n) is 8.40. The van der Waals surface area contributed by atoms with Crippen molar-refractivity contribution in [3.05, 3.63) is 78.9 Å². The fourth-order valence-corrected chi connectivity index (χ4v) is 3.15. The average Bonchev–Trinajstić information content (AvgIpc) is 3.06. The van der Waals surface area contributed by atoms with Crippen LogP contribution in [-0.4, -0.2) is 20.4 Å². The van der Waals surface area contributed by atoms with Crippen molar-refractivity contribution >= 4 is 22.6 Å². The van der Waals surface area contributed by atoms with Gasteiger partial charge in [0.15, 0.2) is 0 Å². The molecule has 0 aliphatic carbocycles. The van der Waals surface area contributed by atoms with Crippen molar-refractivity contribution < 1.29 is 0 Å². The van der Waals surface area contributed by atoms with Gasteiger partial charge < -0.3 is 4.57 Å². The van der Waals surface area contributed by atoms with Gasteiger partial charge in [-0.3, -0.25) is 0 Å². The number of halogens is 1. The largest absolute Gasteiger partial charge is 0.301 e. The fraction of sp³-hybridized carbons (Fsp3) is 0.143. The third-order valence-electron chi connectivity index (χ3n) is 4.25. The van der Waals surface area contributed by atoms with Gasteiger partial charge in [-0.1, -0.05) is 48.5 Å². The fourth-order valence-electron chi connectivity index (χ4n) is 3.02. The monoisotopic (exact) mass is 347 g/mol. The van der Waals surface area contributed by atoms with Crippen LogP contribution in [0, 0.1) is 0 Å². The van der Waals surface area contributed by atoms with Crippen molar-refractivity contribution in [2.24, 2.45) is 0 Å². The lowest BCUT2D eigenvalue weighted by Crippen LogP contribution is -1.99. The zero-order valence-corrected chi connectivity index (χ0v) is 14.5. The number of nitrogens with zero attached hydrogens (tertiary/aromatic N) is 3. The van der Waals surface area contributed by atoms with Gasteiger partial charge in [-0.05, 0) is 24.1 Å². The molecule has 4 heteroatoms.